The molecule has 0 aliphatic heterocycles. The van der Waals surface area contributed by atoms with Crippen molar-refractivity contribution in [1.29, 1.82) is 0 Å². The number of carbonyl (C=O) groups is 2. The molecule has 1 amide bonds. The summed E-state index contributed by atoms with van der Waals surface area (Å²) in [4.78, 5) is 24.0. The quantitative estimate of drug-likeness (QED) is 0.736. The van der Waals surface area contributed by atoms with Crippen molar-refractivity contribution in [1.82, 2.24) is 10.2 Å². The first kappa shape index (κ1) is 12.6. The number of hydrogen-bond donors (Lipinski definition) is 2. The van der Waals surface area contributed by atoms with Gasteiger partial charge in [0.2, 0.25) is 5.91 Å². The Morgan fingerprint density at radius 1 is 1.44 bits per heavy atom. The number of nitrogens with one attached hydrogen (secondary N) is 1. The maximum absolute atomic E-state index is 11.7. The molecule has 0 radical (unpaired) electrons. The zero-order valence-corrected chi connectivity index (χ0v) is 9.96. The Morgan fingerprint density at radius 2 is 2.22 bits per heavy atom. The molecule has 0 aromatic carbocycles. The van der Waals surface area contributed by atoms with E-state index in [1.807, 2.05) is 0 Å². The highest BCUT2D eigenvalue weighted by molar-refractivity contribution is 5.79. The second kappa shape index (κ2) is 5.68. The van der Waals surface area contributed by atoms with Gasteiger partial charge >= 0.3 is 5.97 Å². The Hall–Kier alpha value is -1.82. The summed E-state index contributed by atoms with van der Waals surface area (Å²) in [6.07, 6.45) is 3.49. The molecular formula is C12H16N2O4. The summed E-state index contributed by atoms with van der Waals surface area (Å²) < 4.78 is 5.09. The van der Waals surface area contributed by atoms with E-state index in [4.69, 9.17) is 9.52 Å². The van der Waals surface area contributed by atoms with Crippen molar-refractivity contribution in [2.24, 2.45) is 0 Å². The van der Waals surface area contributed by atoms with Gasteiger partial charge < -0.3 is 14.8 Å². The number of carboxylic acid groups (broad SMARTS) is 1. The van der Waals surface area contributed by atoms with Crippen LogP contribution in [-0.4, -0.2) is 41.0 Å². The molecule has 0 spiro atoms. The van der Waals surface area contributed by atoms with E-state index in [-0.39, 0.29) is 25.0 Å². The van der Waals surface area contributed by atoms with Crippen LogP contribution in [0.3, 0.4) is 0 Å². The number of amides is 1. The second-order valence-corrected chi connectivity index (χ2v) is 4.39. The Morgan fingerprint density at radius 3 is 2.78 bits per heavy atom. The maximum atomic E-state index is 11.7. The third-order valence-electron chi connectivity index (χ3n) is 2.79. The molecule has 0 unspecified atom stereocenters. The van der Waals surface area contributed by atoms with Gasteiger partial charge in [-0.05, 0) is 25.0 Å². The van der Waals surface area contributed by atoms with Crippen LogP contribution in [0.1, 0.15) is 18.6 Å². The Bertz CT molecular complexity index is 412. The standard InChI is InChI=1S/C12H16N2O4/c15-11(13-6-10-2-1-5-18-10)7-14(8-12(16)17)9-3-4-9/h1-2,5,9H,3-4,6-8H2,(H,13,15)(H,16,17). The third-order valence-corrected chi connectivity index (χ3v) is 2.79. The highest BCUT2D eigenvalue weighted by Crippen LogP contribution is 2.26. The van der Waals surface area contributed by atoms with Gasteiger partial charge in [-0.2, -0.15) is 0 Å². The smallest absolute Gasteiger partial charge is 0.317 e. The van der Waals surface area contributed by atoms with Crippen LogP contribution in [0.15, 0.2) is 22.8 Å². The third kappa shape index (κ3) is 3.89. The molecule has 0 atom stereocenters. The van der Waals surface area contributed by atoms with Crippen LogP contribution in [0.2, 0.25) is 0 Å². The largest absolute Gasteiger partial charge is 0.480 e. The van der Waals surface area contributed by atoms with E-state index in [9.17, 15) is 9.59 Å². The van der Waals surface area contributed by atoms with Gasteiger partial charge in [0.15, 0.2) is 0 Å². The minimum atomic E-state index is -0.902. The first-order valence-electron chi connectivity index (χ1n) is 5.90. The van der Waals surface area contributed by atoms with Crippen molar-refractivity contribution in [3.8, 4) is 0 Å². The molecule has 6 nitrogen and oxygen atoms in total. The predicted octanol–water partition coefficient (Wildman–Crippen LogP) is 0.445. The summed E-state index contributed by atoms with van der Waals surface area (Å²) in [5.41, 5.74) is 0. The minimum Gasteiger partial charge on any atom is -0.480 e. The van der Waals surface area contributed by atoms with Crippen LogP contribution < -0.4 is 5.32 Å². The van der Waals surface area contributed by atoms with Gasteiger partial charge in [0.05, 0.1) is 25.9 Å². The van der Waals surface area contributed by atoms with E-state index in [1.165, 1.54) is 0 Å². The van der Waals surface area contributed by atoms with Crippen molar-refractivity contribution >= 4 is 11.9 Å². The first-order valence-corrected chi connectivity index (χ1v) is 5.90. The average molecular weight is 252 g/mol. The fraction of sp³-hybridized carbons (Fsp3) is 0.500. The molecule has 2 N–H and O–H groups in total. The lowest BCUT2D eigenvalue weighted by atomic mass is 10.4. The number of carboxylic acids is 1. The fourth-order valence-electron chi connectivity index (χ4n) is 1.77. The van der Waals surface area contributed by atoms with Gasteiger partial charge in [0, 0.05) is 6.04 Å². The summed E-state index contributed by atoms with van der Waals surface area (Å²) in [7, 11) is 0. The van der Waals surface area contributed by atoms with Gasteiger partial charge in [-0.1, -0.05) is 0 Å². The lowest BCUT2D eigenvalue weighted by Gasteiger charge is -2.18. The molecule has 6 heteroatoms. The van der Waals surface area contributed by atoms with Crippen LogP contribution in [0, 0.1) is 0 Å². The number of hydrogen-bond acceptors (Lipinski definition) is 4. The van der Waals surface area contributed by atoms with Crippen molar-refractivity contribution in [2.75, 3.05) is 13.1 Å². The summed E-state index contributed by atoms with van der Waals surface area (Å²) in [6, 6.07) is 3.77. The molecule has 1 heterocycles. The molecule has 1 aliphatic rings. The predicted molar refractivity (Wildman–Crippen MR) is 62.8 cm³/mol. The number of carbonyl (C=O) groups excluding carboxylic acids is 1. The van der Waals surface area contributed by atoms with E-state index in [0.717, 1.165) is 12.8 Å². The Kier molecular flexibility index (Phi) is 3.99. The molecule has 1 fully saturated rings. The molecule has 1 aromatic heterocycles. The molecule has 2 rings (SSSR count). The van der Waals surface area contributed by atoms with Crippen LogP contribution in [0.5, 0.6) is 0 Å². The molecule has 1 saturated carbocycles. The Labute approximate surface area is 105 Å². The summed E-state index contributed by atoms with van der Waals surface area (Å²) in [6.45, 7) is 0.369. The molecule has 98 valence electrons. The van der Waals surface area contributed by atoms with Crippen molar-refractivity contribution in [2.45, 2.75) is 25.4 Å². The maximum Gasteiger partial charge on any atom is 0.317 e. The van der Waals surface area contributed by atoms with Crippen LogP contribution in [0.25, 0.3) is 0 Å². The van der Waals surface area contributed by atoms with Gasteiger partial charge in [-0.15, -0.1) is 0 Å². The van der Waals surface area contributed by atoms with Gasteiger partial charge in [0.25, 0.3) is 0 Å². The normalized spacial score (nSPS) is 14.7. The zero-order chi connectivity index (χ0) is 13.0. The monoisotopic (exact) mass is 252 g/mol. The number of rotatable bonds is 7. The number of aliphatic carboxylic acids is 1. The molecule has 0 saturated heterocycles. The SMILES string of the molecule is O=C(O)CN(CC(=O)NCc1ccco1)C1CC1. The van der Waals surface area contributed by atoms with Crippen molar-refractivity contribution in [3.05, 3.63) is 24.2 Å². The average Bonchev–Trinajstić information content (AvgIpc) is 3.02. The highest BCUT2D eigenvalue weighted by Gasteiger charge is 2.31. The number of furan rings is 1. The van der Waals surface area contributed by atoms with Gasteiger partial charge in [-0.25, -0.2) is 0 Å². The highest BCUT2D eigenvalue weighted by atomic mass is 16.4. The lowest BCUT2D eigenvalue weighted by molar-refractivity contribution is -0.138. The van der Waals surface area contributed by atoms with Gasteiger partial charge in [0.1, 0.15) is 5.76 Å². The van der Waals surface area contributed by atoms with Crippen molar-refractivity contribution in [3.63, 3.8) is 0 Å². The molecule has 0 bridgehead atoms. The van der Waals surface area contributed by atoms with E-state index in [1.54, 1.807) is 23.3 Å². The van der Waals surface area contributed by atoms with E-state index in [2.05, 4.69) is 5.32 Å². The minimum absolute atomic E-state index is 0.0845. The summed E-state index contributed by atoms with van der Waals surface area (Å²) in [5, 5.41) is 11.5. The zero-order valence-electron chi connectivity index (χ0n) is 9.96. The molecule has 18 heavy (non-hydrogen) atoms. The summed E-state index contributed by atoms with van der Waals surface area (Å²) >= 11 is 0. The second-order valence-electron chi connectivity index (χ2n) is 4.39. The molecule has 1 aliphatic carbocycles. The van der Waals surface area contributed by atoms with Crippen LogP contribution in [0.4, 0.5) is 0 Å². The lowest BCUT2D eigenvalue weighted by Crippen LogP contribution is -2.40. The van der Waals surface area contributed by atoms with E-state index < -0.39 is 5.97 Å². The van der Waals surface area contributed by atoms with Crippen molar-refractivity contribution < 1.29 is 19.1 Å². The molecule has 1 aromatic rings. The van der Waals surface area contributed by atoms with Crippen LogP contribution >= 0.6 is 0 Å². The number of nitrogens with zero attached hydrogens (tertiary/aromatic N) is 1. The van der Waals surface area contributed by atoms with E-state index >= 15 is 0 Å². The first-order chi connectivity index (χ1) is 8.65. The topological polar surface area (TPSA) is 82.8 Å². The van der Waals surface area contributed by atoms with Gasteiger partial charge in [-0.3, -0.25) is 14.5 Å². The Balaban J connectivity index is 1.76. The van der Waals surface area contributed by atoms with E-state index in [0.29, 0.717) is 12.3 Å². The summed E-state index contributed by atoms with van der Waals surface area (Å²) in [5.74, 6) is -0.403. The van der Waals surface area contributed by atoms with Crippen LogP contribution in [-0.2, 0) is 16.1 Å². The fourth-order valence-corrected chi connectivity index (χ4v) is 1.77. The molecular weight excluding hydrogens is 236 g/mol.